The summed E-state index contributed by atoms with van der Waals surface area (Å²) in [5.74, 6) is -1.09. The molecule has 0 radical (unpaired) electrons. The zero-order valence-electron chi connectivity index (χ0n) is 11.5. The van der Waals surface area contributed by atoms with Crippen LogP contribution in [-0.4, -0.2) is 24.0 Å². The van der Waals surface area contributed by atoms with Crippen molar-refractivity contribution in [2.45, 2.75) is 38.6 Å². The second kappa shape index (κ2) is 5.37. The number of carbonyl (C=O) groups excluding carboxylic acids is 2. The lowest BCUT2D eigenvalue weighted by atomic mass is 9.77. The number of hydrogen-bond acceptors (Lipinski definition) is 4. The van der Waals surface area contributed by atoms with Crippen LogP contribution >= 0.6 is 0 Å². The number of epoxide rings is 1. The van der Waals surface area contributed by atoms with Gasteiger partial charge in [0, 0.05) is 0 Å². The first-order valence-electron chi connectivity index (χ1n) is 7.10. The maximum atomic E-state index is 12.2. The van der Waals surface area contributed by atoms with Crippen molar-refractivity contribution in [3.8, 4) is 0 Å². The van der Waals surface area contributed by atoms with Crippen LogP contribution in [0.1, 0.15) is 25.3 Å². The molecule has 4 heteroatoms. The Morgan fingerprint density at radius 1 is 1.35 bits per heavy atom. The van der Waals surface area contributed by atoms with E-state index >= 15 is 0 Å². The van der Waals surface area contributed by atoms with Gasteiger partial charge in [-0.1, -0.05) is 43.7 Å². The van der Waals surface area contributed by atoms with Crippen molar-refractivity contribution in [3.63, 3.8) is 0 Å². The highest BCUT2D eigenvalue weighted by molar-refractivity contribution is 6.03. The van der Waals surface area contributed by atoms with Gasteiger partial charge in [0.05, 0.1) is 6.10 Å². The van der Waals surface area contributed by atoms with E-state index in [0.717, 1.165) is 18.4 Å². The Bertz CT molecular complexity index is 510. The molecule has 1 saturated heterocycles. The van der Waals surface area contributed by atoms with Crippen molar-refractivity contribution in [2.24, 2.45) is 11.8 Å². The van der Waals surface area contributed by atoms with E-state index in [4.69, 9.17) is 9.47 Å². The second-order valence-corrected chi connectivity index (χ2v) is 5.47. The number of Topliss-reactive ketones (excluding diaryl/α,β-unsaturated/α-hetero) is 1. The average molecular weight is 274 g/mol. The molecule has 1 aliphatic heterocycles. The van der Waals surface area contributed by atoms with Crippen LogP contribution in [0.5, 0.6) is 0 Å². The molecule has 1 heterocycles. The van der Waals surface area contributed by atoms with E-state index in [1.165, 1.54) is 0 Å². The van der Waals surface area contributed by atoms with Crippen LogP contribution in [0.2, 0.25) is 0 Å². The van der Waals surface area contributed by atoms with E-state index in [1.807, 2.05) is 37.3 Å². The maximum Gasteiger partial charge on any atom is 0.317 e. The molecule has 106 valence electrons. The summed E-state index contributed by atoms with van der Waals surface area (Å²) in [6.45, 7) is 2.22. The number of fused-ring (bicyclic) bond motifs is 1. The summed E-state index contributed by atoms with van der Waals surface area (Å²) < 4.78 is 10.6. The summed E-state index contributed by atoms with van der Waals surface area (Å²) in [4.78, 5) is 24.4. The fraction of sp³-hybridized carbons (Fsp3) is 0.500. The van der Waals surface area contributed by atoms with Crippen LogP contribution in [0.15, 0.2) is 30.3 Å². The second-order valence-electron chi connectivity index (χ2n) is 5.47. The molecule has 0 bridgehead atoms. The Morgan fingerprint density at radius 2 is 2.10 bits per heavy atom. The SMILES string of the molecule is CC[C@@H]1C[C@H]2O[C@H]2C(=O)C1C(=O)OCc1ccccc1. The molecule has 0 amide bonds. The first kappa shape index (κ1) is 13.3. The first-order chi connectivity index (χ1) is 9.70. The van der Waals surface area contributed by atoms with E-state index in [2.05, 4.69) is 0 Å². The van der Waals surface area contributed by atoms with Gasteiger partial charge in [0.2, 0.25) is 0 Å². The number of hydrogen-bond donors (Lipinski definition) is 0. The Balaban J connectivity index is 1.64. The van der Waals surface area contributed by atoms with Crippen molar-refractivity contribution in [1.82, 2.24) is 0 Å². The molecule has 4 nitrogen and oxygen atoms in total. The van der Waals surface area contributed by atoms with E-state index in [0.29, 0.717) is 0 Å². The molecule has 0 N–H and O–H groups in total. The lowest BCUT2D eigenvalue weighted by Gasteiger charge is -2.25. The van der Waals surface area contributed by atoms with E-state index in [9.17, 15) is 9.59 Å². The molecule has 1 saturated carbocycles. The largest absolute Gasteiger partial charge is 0.460 e. The van der Waals surface area contributed by atoms with Gasteiger partial charge in [0.15, 0.2) is 5.78 Å². The quantitative estimate of drug-likeness (QED) is 0.479. The highest BCUT2D eigenvalue weighted by atomic mass is 16.6. The van der Waals surface area contributed by atoms with E-state index < -0.39 is 11.9 Å². The molecule has 3 rings (SSSR count). The monoisotopic (exact) mass is 274 g/mol. The topological polar surface area (TPSA) is 55.9 Å². The molecule has 2 aliphatic rings. The van der Waals surface area contributed by atoms with Gasteiger partial charge in [-0.25, -0.2) is 0 Å². The molecule has 2 fully saturated rings. The lowest BCUT2D eigenvalue weighted by molar-refractivity contribution is -0.156. The fourth-order valence-electron chi connectivity index (χ4n) is 2.95. The zero-order chi connectivity index (χ0) is 14.1. The number of ether oxygens (including phenoxy) is 2. The molecule has 1 aromatic carbocycles. The normalized spacial score (nSPS) is 31.6. The predicted octanol–water partition coefficient (Wildman–Crippen LogP) is 2.11. The number of benzene rings is 1. The Kier molecular flexibility index (Phi) is 3.57. The Hall–Kier alpha value is -1.68. The van der Waals surface area contributed by atoms with Crippen molar-refractivity contribution < 1.29 is 19.1 Å². The van der Waals surface area contributed by atoms with Gasteiger partial charge in [-0.05, 0) is 17.9 Å². The van der Waals surface area contributed by atoms with Crippen LogP contribution in [0.4, 0.5) is 0 Å². The maximum absolute atomic E-state index is 12.2. The molecule has 1 aromatic rings. The molecular formula is C16H18O4. The van der Waals surface area contributed by atoms with E-state index in [1.54, 1.807) is 0 Å². The minimum absolute atomic E-state index is 0.0469. The van der Waals surface area contributed by atoms with Crippen LogP contribution in [0.3, 0.4) is 0 Å². The third kappa shape index (κ3) is 2.48. The van der Waals surface area contributed by atoms with Gasteiger partial charge in [0.1, 0.15) is 18.6 Å². The van der Waals surface area contributed by atoms with Gasteiger partial charge in [-0.2, -0.15) is 0 Å². The summed E-state index contributed by atoms with van der Waals surface area (Å²) in [5.41, 5.74) is 0.928. The molecular weight excluding hydrogens is 256 g/mol. The molecule has 0 aromatic heterocycles. The Morgan fingerprint density at radius 3 is 2.80 bits per heavy atom. The van der Waals surface area contributed by atoms with Crippen LogP contribution in [0, 0.1) is 11.8 Å². The van der Waals surface area contributed by atoms with Gasteiger partial charge in [-0.3, -0.25) is 9.59 Å². The molecule has 4 atom stereocenters. The Labute approximate surface area is 118 Å². The zero-order valence-corrected chi connectivity index (χ0v) is 11.5. The number of esters is 1. The summed E-state index contributed by atoms with van der Waals surface area (Å²) in [7, 11) is 0. The summed E-state index contributed by atoms with van der Waals surface area (Å²) in [6.07, 6.45) is 1.28. The van der Waals surface area contributed by atoms with Gasteiger partial charge >= 0.3 is 5.97 Å². The van der Waals surface area contributed by atoms with Crippen LogP contribution in [0.25, 0.3) is 0 Å². The number of carbonyl (C=O) groups is 2. The third-order valence-electron chi connectivity index (χ3n) is 4.18. The van der Waals surface area contributed by atoms with Crippen molar-refractivity contribution in [2.75, 3.05) is 0 Å². The molecule has 0 spiro atoms. The van der Waals surface area contributed by atoms with Crippen molar-refractivity contribution in [3.05, 3.63) is 35.9 Å². The highest BCUT2D eigenvalue weighted by Crippen LogP contribution is 2.42. The summed E-state index contributed by atoms with van der Waals surface area (Å²) >= 11 is 0. The molecule has 1 aliphatic carbocycles. The lowest BCUT2D eigenvalue weighted by Crippen LogP contribution is -2.40. The van der Waals surface area contributed by atoms with Gasteiger partial charge in [-0.15, -0.1) is 0 Å². The van der Waals surface area contributed by atoms with Crippen LogP contribution < -0.4 is 0 Å². The third-order valence-corrected chi connectivity index (χ3v) is 4.18. The number of rotatable bonds is 4. The fourth-order valence-corrected chi connectivity index (χ4v) is 2.95. The minimum Gasteiger partial charge on any atom is -0.460 e. The molecule has 20 heavy (non-hydrogen) atoms. The predicted molar refractivity (Wildman–Crippen MR) is 71.8 cm³/mol. The van der Waals surface area contributed by atoms with Gasteiger partial charge in [0.25, 0.3) is 0 Å². The van der Waals surface area contributed by atoms with Gasteiger partial charge < -0.3 is 9.47 Å². The molecule has 1 unspecified atom stereocenters. The standard InChI is InChI=1S/C16H18O4/c1-2-11-8-12-15(20-12)14(17)13(11)16(18)19-9-10-6-4-3-5-7-10/h3-7,11-13,15H,2,8-9H2,1H3/t11-,12-,13?,15-/m1/s1. The smallest absolute Gasteiger partial charge is 0.317 e. The summed E-state index contributed by atoms with van der Waals surface area (Å²) in [6, 6.07) is 9.49. The summed E-state index contributed by atoms with van der Waals surface area (Å²) in [5, 5.41) is 0. The van der Waals surface area contributed by atoms with Crippen LogP contribution in [-0.2, 0) is 25.7 Å². The average Bonchev–Trinajstić information content (AvgIpc) is 3.25. The number of ketones is 1. The minimum atomic E-state index is -0.646. The van der Waals surface area contributed by atoms with Crippen molar-refractivity contribution in [1.29, 1.82) is 0 Å². The first-order valence-corrected chi connectivity index (χ1v) is 7.10. The highest BCUT2D eigenvalue weighted by Gasteiger charge is 2.56. The van der Waals surface area contributed by atoms with Crippen molar-refractivity contribution >= 4 is 11.8 Å². The van der Waals surface area contributed by atoms with E-state index in [-0.39, 0.29) is 30.5 Å².